The highest BCUT2D eigenvalue weighted by Gasteiger charge is 2.59. The molecule has 1 heterocycles. The quantitative estimate of drug-likeness (QED) is 0.258. The summed E-state index contributed by atoms with van der Waals surface area (Å²) in [5.74, 6) is -1.93. The molecule has 4 aromatic rings. The molecule has 1 aliphatic heterocycles. The van der Waals surface area contributed by atoms with Crippen molar-refractivity contribution in [3.63, 3.8) is 0 Å². The summed E-state index contributed by atoms with van der Waals surface area (Å²) < 4.78 is 17.3. The molecule has 0 saturated heterocycles. The lowest BCUT2D eigenvalue weighted by molar-refractivity contribution is -0.158. The second-order valence-corrected chi connectivity index (χ2v) is 9.57. The summed E-state index contributed by atoms with van der Waals surface area (Å²) in [4.78, 5) is 26.1. The van der Waals surface area contributed by atoms with Crippen molar-refractivity contribution in [3.05, 3.63) is 114 Å². The van der Waals surface area contributed by atoms with Crippen molar-refractivity contribution >= 4 is 11.9 Å². The largest absolute Gasteiger partial charge is 0.486 e. The Morgan fingerprint density at radius 1 is 0.658 bits per heavy atom. The van der Waals surface area contributed by atoms with Gasteiger partial charge in [0.1, 0.15) is 19.0 Å². The van der Waals surface area contributed by atoms with Gasteiger partial charge < -0.3 is 19.3 Å². The van der Waals surface area contributed by atoms with Crippen molar-refractivity contribution in [2.45, 2.75) is 11.8 Å². The Morgan fingerprint density at radius 3 is 1.89 bits per heavy atom. The zero-order valence-electron chi connectivity index (χ0n) is 20.5. The molecule has 0 aromatic heterocycles. The molecule has 0 radical (unpaired) electrons. The first-order valence-corrected chi connectivity index (χ1v) is 12.6. The molecule has 3 unspecified atom stereocenters. The molecule has 6 rings (SSSR count). The number of carboxylic acid groups (broad SMARTS) is 1. The van der Waals surface area contributed by atoms with Gasteiger partial charge in [-0.25, -0.2) is 0 Å². The molecule has 1 saturated carbocycles. The number of aliphatic carboxylic acids is 1. The fourth-order valence-corrected chi connectivity index (χ4v) is 5.67. The molecule has 0 amide bonds. The molecule has 4 aromatic carbocycles. The maximum atomic E-state index is 13.7. The molecular weight excluding hydrogens is 480 g/mol. The molecule has 6 nitrogen and oxygen atoms in total. The summed E-state index contributed by atoms with van der Waals surface area (Å²) in [6, 6.07) is 31.8. The van der Waals surface area contributed by atoms with Crippen LogP contribution in [0.5, 0.6) is 17.2 Å². The Balaban J connectivity index is 1.31. The molecule has 2 aliphatic rings. The third-order valence-electron chi connectivity index (χ3n) is 7.40. The average Bonchev–Trinajstić information content (AvgIpc) is 2.93. The highest BCUT2D eigenvalue weighted by molar-refractivity contribution is 5.86. The van der Waals surface area contributed by atoms with Gasteiger partial charge in [-0.1, -0.05) is 78.9 Å². The number of ether oxygens (including phenoxy) is 3. The minimum Gasteiger partial charge on any atom is -0.486 e. The van der Waals surface area contributed by atoms with E-state index < -0.39 is 35.6 Å². The van der Waals surface area contributed by atoms with Crippen LogP contribution >= 0.6 is 0 Å². The van der Waals surface area contributed by atoms with E-state index in [2.05, 4.69) is 0 Å². The van der Waals surface area contributed by atoms with Crippen molar-refractivity contribution in [2.75, 3.05) is 13.2 Å². The Bertz CT molecular complexity index is 1420. The zero-order chi connectivity index (χ0) is 26.1. The van der Waals surface area contributed by atoms with Crippen molar-refractivity contribution < 1.29 is 28.9 Å². The van der Waals surface area contributed by atoms with Gasteiger partial charge in [0.15, 0.2) is 11.5 Å². The van der Waals surface area contributed by atoms with Crippen LogP contribution in [0.25, 0.3) is 11.1 Å². The van der Waals surface area contributed by atoms with Gasteiger partial charge in [0.25, 0.3) is 0 Å². The standard InChI is InChI=1S/C32H26O6/c33-31(34)29-27(20-8-3-1-4-9-20)30(28(29)21-10-5-2-6-11-21)32(35)38-24-13-7-12-22(18-24)23-14-15-25-26(19-23)37-17-16-36-25/h1-15,18-19,27-30H,16-17H2,(H,33,34)/t27-,28?,29?,30?/m1/s1. The van der Waals surface area contributed by atoms with Gasteiger partial charge in [-0.15, -0.1) is 0 Å². The highest BCUT2D eigenvalue weighted by Crippen LogP contribution is 2.58. The summed E-state index contributed by atoms with van der Waals surface area (Å²) in [7, 11) is 0. The summed E-state index contributed by atoms with van der Waals surface area (Å²) >= 11 is 0. The van der Waals surface area contributed by atoms with Crippen LogP contribution in [-0.4, -0.2) is 30.3 Å². The fraction of sp³-hybridized carbons (Fsp3) is 0.188. The number of carbonyl (C=O) groups is 2. The maximum absolute atomic E-state index is 13.7. The van der Waals surface area contributed by atoms with Gasteiger partial charge in [-0.3, -0.25) is 9.59 Å². The molecule has 1 N–H and O–H groups in total. The predicted octanol–water partition coefficient (Wildman–Crippen LogP) is 5.93. The number of benzene rings is 4. The zero-order valence-corrected chi connectivity index (χ0v) is 20.5. The van der Waals surface area contributed by atoms with Crippen LogP contribution in [0.4, 0.5) is 0 Å². The molecule has 0 spiro atoms. The molecule has 190 valence electrons. The summed E-state index contributed by atoms with van der Waals surface area (Å²) in [5.41, 5.74) is 3.41. The van der Waals surface area contributed by atoms with Crippen LogP contribution in [0.1, 0.15) is 23.0 Å². The third-order valence-corrected chi connectivity index (χ3v) is 7.40. The van der Waals surface area contributed by atoms with E-state index in [0.29, 0.717) is 30.5 Å². The second-order valence-electron chi connectivity index (χ2n) is 9.57. The minimum absolute atomic E-state index is 0.403. The van der Waals surface area contributed by atoms with E-state index in [-0.39, 0.29) is 0 Å². The van der Waals surface area contributed by atoms with Gasteiger partial charge in [-0.2, -0.15) is 0 Å². The van der Waals surface area contributed by atoms with Gasteiger partial charge in [0.05, 0.1) is 11.8 Å². The first-order valence-electron chi connectivity index (χ1n) is 12.6. The lowest BCUT2D eigenvalue weighted by Gasteiger charge is -2.48. The molecule has 4 atom stereocenters. The number of carbonyl (C=O) groups excluding carboxylic acids is 1. The first-order chi connectivity index (χ1) is 18.6. The molecule has 1 fully saturated rings. The molecule has 6 heteroatoms. The van der Waals surface area contributed by atoms with Crippen LogP contribution in [-0.2, 0) is 9.59 Å². The van der Waals surface area contributed by atoms with E-state index in [1.165, 1.54) is 0 Å². The van der Waals surface area contributed by atoms with E-state index >= 15 is 0 Å². The number of hydrogen-bond acceptors (Lipinski definition) is 5. The molecule has 38 heavy (non-hydrogen) atoms. The van der Waals surface area contributed by atoms with E-state index in [1.54, 1.807) is 6.07 Å². The lowest BCUT2D eigenvalue weighted by Crippen LogP contribution is -2.52. The van der Waals surface area contributed by atoms with Crippen molar-refractivity contribution in [1.29, 1.82) is 0 Å². The minimum atomic E-state index is -0.919. The van der Waals surface area contributed by atoms with Crippen molar-refractivity contribution in [1.82, 2.24) is 0 Å². The van der Waals surface area contributed by atoms with E-state index in [1.807, 2.05) is 97.1 Å². The number of rotatable bonds is 6. The number of esters is 1. The van der Waals surface area contributed by atoms with Gasteiger partial charge in [-0.05, 0) is 46.5 Å². The highest BCUT2D eigenvalue weighted by atomic mass is 16.6. The van der Waals surface area contributed by atoms with Crippen molar-refractivity contribution in [2.24, 2.45) is 11.8 Å². The molecule has 0 bridgehead atoms. The predicted molar refractivity (Wildman–Crippen MR) is 141 cm³/mol. The summed E-state index contributed by atoms with van der Waals surface area (Å²) in [6.07, 6.45) is 0. The summed E-state index contributed by atoms with van der Waals surface area (Å²) in [5, 5.41) is 10.2. The maximum Gasteiger partial charge on any atom is 0.315 e. The lowest BCUT2D eigenvalue weighted by atomic mass is 9.52. The topological polar surface area (TPSA) is 82.1 Å². The van der Waals surface area contributed by atoms with Gasteiger partial charge in [0, 0.05) is 11.8 Å². The van der Waals surface area contributed by atoms with Gasteiger partial charge >= 0.3 is 11.9 Å². The Labute approximate surface area is 220 Å². The van der Waals surface area contributed by atoms with Gasteiger partial charge in [0.2, 0.25) is 0 Å². The van der Waals surface area contributed by atoms with E-state index in [0.717, 1.165) is 22.3 Å². The molecule has 1 aliphatic carbocycles. The normalized spacial score (nSPS) is 21.7. The van der Waals surface area contributed by atoms with Crippen molar-refractivity contribution in [3.8, 4) is 28.4 Å². The van der Waals surface area contributed by atoms with Crippen LogP contribution in [0.3, 0.4) is 0 Å². The SMILES string of the molecule is O=C(O)C1C(c2ccccc2)C(C(=O)Oc2cccc(-c3ccc4c(c3)OCCO4)c2)[C@@H]1c1ccccc1. The Morgan fingerprint density at radius 2 is 1.26 bits per heavy atom. The van der Waals surface area contributed by atoms with Crippen LogP contribution in [0.15, 0.2) is 103 Å². The Hall–Kier alpha value is -4.58. The van der Waals surface area contributed by atoms with Crippen LogP contribution < -0.4 is 14.2 Å². The van der Waals surface area contributed by atoms with Crippen LogP contribution in [0.2, 0.25) is 0 Å². The number of fused-ring (bicyclic) bond motifs is 1. The third kappa shape index (κ3) is 4.39. The summed E-state index contributed by atoms with van der Waals surface area (Å²) in [6.45, 7) is 1.02. The van der Waals surface area contributed by atoms with Crippen LogP contribution in [0, 0.1) is 11.8 Å². The van der Waals surface area contributed by atoms with E-state index in [4.69, 9.17) is 14.2 Å². The monoisotopic (exact) mass is 506 g/mol. The number of hydrogen-bond donors (Lipinski definition) is 1. The Kier molecular flexibility index (Phi) is 6.30. The second kappa shape index (κ2) is 10.1. The smallest absolute Gasteiger partial charge is 0.315 e. The average molecular weight is 507 g/mol. The first kappa shape index (κ1) is 23.8. The number of carboxylic acids is 1. The molecular formula is C32H26O6. The fourth-order valence-electron chi connectivity index (χ4n) is 5.67. The van der Waals surface area contributed by atoms with E-state index in [9.17, 15) is 14.7 Å².